The van der Waals surface area contributed by atoms with Crippen LogP contribution in [0.15, 0.2) is 70.5 Å². The third-order valence-corrected chi connectivity index (χ3v) is 7.01. The van der Waals surface area contributed by atoms with E-state index in [1.807, 2.05) is 6.92 Å². The van der Waals surface area contributed by atoms with E-state index < -0.39 is 17.9 Å². The first-order valence-corrected chi connectivity index (χ1v) is 13.2. The Kier molecular flexibility index (Phi) is 7.55. The number of aromatic carboxylic acids is 1. The van der Waals surface area contributed by atoms with Gasteiger partial charge in [-0.05, 0) is 61.9 Å². The molecule has 1 atom stereocenters. The van der Waals surface area contributed by atoms with E-state index in [0.29, 0.717) is 40.6 Å². The predicted octanol–water partition coefficient (Wildman–Crippen LogP) is 5.97. The molecular formula is C30H25ClN4O6. The van der Waals surface area contributed by atoms with Crippen LogP contribution in [-0.4, -0.2) is 33.4 Å². The molecule has 2 aromatic heterocycles. The first kappa shape index (κ1) is 27.6. The van der Waals surface area contributed by atoms with Gasteiger partial charge in [0.25, 0.3) is 0 Å². The number of carbonyl (C=O) groups is 2. The Balaban J connectivity index is 1.55. The summed E-state index contributed by atoms with van der Waals surface area (Å²) in [5, 5.41) is 24.3. The number of nitrogens with zero attached hydrogens (tertiary/aromatic N) is 3. The number of hydrogen-bond donors (Lipinski definition) is 2. The number of nitriles is 1. The van der Waals surface area contributed by atoms with Crippen LogP contribution in [0.5, 0.6) is 5.88 Å². The maximum Gasteiger partial charge on any atom is 0.339 e. The van der Waals surface area contributed by atoms with Crippen molar-refractivity contribution in [3.8, 4) is 29.0 Å². The summed E-state index contributed by atoms with van der Waals surface area (Å²) in [4.78, 5) is 24.1. The van der Waals surface area contributed by atoms with Crippen molar-refractivity contribution in [2.45, 2.75) is 32.6 Å². The second-order valence-electron chi connectivity index (χ2n) is 9.38. The Morgan fingerprint density at radius 2 is 2.02 bits per heavy atom. The molecule has 4 aromatic rings. The molecule has 11 heteroatoms. The van der Waals surface area contributed by atoms with Crippen molar-refractivity contribution in [3.05, 3.63) is 99.2 Å². The van der Waals surface area contributed by atoms with Gasteiger partial charge in [0.2, 0.25) is 11.8 Å². The number of esters is 1. The molecule has 3 N–H and O–H groups in total. The summed E-state index contributed by atoms with van der Waals surface area (Å²) in [5.41, 5.74) is 8.74. The maximum absolute atomic E-state index is 12.6. The molecule has 5 rings (SSSR count). The summed E-state index contributed by atoms with van der Waals surface area (Å²) >= 11 is 6.28. The normalized spacial score (nSPS) is 14.2. The van der Waals surface area contributed by atoms with Gasteiger partial charge in [-0.15, -0.1) is 0 Å². The molecule has 0 fully saturated rings. The van der Waals surface area contributed by atoms with E-state index in [2.05, 4.69) is 11.2 Å². The number of rotatable bonds is 8. The number of hydrogen-bond acceptors (Lipinski definition) is 8. The highest BCUT2D eigenvalue weighted by Crippen LogP contribution is 2.45. The van der Waals surface area contributed by atoms with Crippen molar-refractivity contribution < 1.29 is 28.6 Å². The molecule has 3 heterocycles. The van der Waals surface area contributed by atoms with Gasteiger partial charge in [-0.1, -0.05) is 31.0 Å². The molecule has 0 amide bonds. The van der Waals surface area contributed by atoms with E-state index in [0.717, 1.165) is 12.8 Å². The Morgan fingerprint density at radius 1 is 1.22 bits per heavy atom. The van der Waals surface area contributed by atoms with Crippen LogP contribution in [0.2, 0.25) is 5.02 Å². The second-order valence-corrected chi connectivity index (χ2v) is 9.79. The molecule has 41 heavy (non-hydrogen) atoms. The molecule has 0 saturated heterocycles. The molecule has 0 bridgehead atoms. The van der Waals surface area contributed by atoms with Gasteiger partial charge in [-0.2, -0.15) is 10.4 Å². The van der Waals surface area contributed by atoms with Gasteiger partial charge in [0.15, 0.2) is 0 Å². The van der Waals surface area contributed by atoms with Crippen molar-refractivity contribution in [2.75, 3.05) is 6.61 Å². The number of furan rings is 1. The third-order valence-electron chi connectivity index (χ3n) is 6.68. The smallest absolute Gasteiger partial charge is 0.339 e. The summed E-state index contributed by atoms with van der Waals surface area (Å²) in [5.74, 6) is -1.41. The molecule has 0 aliphatic carbocycles. The van der Waals surface area contributed by atoms with Gasteiger partial charge in [-0.3, -0.25) is 0 Å². The van der Waals surface area contributed by atoms with Gasteiger partial charge >= 0.3 is 11.9 Å². The van der Waals surface area contributed by atoms with Crippen molar-refractivity contribution in [2.24, 2.45) is 5.73 Å². The van der Waals surface area contributed by atoms with E-state index in [1.54, 1.807) is 49.4 Å². The third kappa shape index (κ3) is 5.15. The molecule has 0 spiro atoms. The van der Waals surface area contributed by atoms with Crippen molar-refractivity contribution in [1.82, 2.24) is 9.78 Å². The highest BCUT2D eigenvalue weighted by atomic mass is 35.5. The summed E-state index contributed by atoms with van der Waals surface area (Å²) in [6, 6.07) is 16.7. The first-order chi connectivity index (χ1) is 19.7. The molecule has 208 valence electrons. The Labute approximate surface area is 240 Å². The number of nitrogens with two attached hydrogens (primary N) is 1. The summed E-state index contributed by atoms with van der Waals surface area (Å²) in [6.07, 6.45) is 1.64. The van der Waals surface area contributed by atoms with Crippen LogP contribution in [0.1, 0.15) is 63.4 Å². The van der Waals surface area contributed by atoms with Gasteiger partial charge in [0.05, 0.1) is 45.6 Å². The van der Waals surface area contributed by atoms with E-state index in [9.17, 15) is 20.0 Å². The van der Waals surface area contributed by atoms with Crippen molar-refractivity contribution in [3.63, 3.8) is 0 Å². The fourth-order valence-corrected chi connectivity index (χ4v) is 4.82. The van der Waals surface area contributed by atoms with E-state index >= 15 is 0 Å². The number of aryl methyl sites for hydroxylation is 1. The largest absolute Gasteiger partial charge is 0.478 e. The van der Waals surface area contributed by atoms with Crippen molar-refractivity contribution in [1.29, 1.82) is 5.26 Å². The number of benzene rings is 2. The zero-order valence-electron chi connectivity index (χ0n) is 22.2. The minimum absolute atomic E-state index is 0.0743. The molecule has 1 aliphatic heterocycles. The molecule has 0 radical (unpaired) electrons. The summed E-state index contributed by atoms with van der Waals surface area (Å²) < 4.78 is 18.9. The van der Waals surface area contributed by atoms with E-state index in [1.165, 1.54) is 16.8 Å². The highest BCUT2D eigenvalue weighted by molar-refractivity contribution is 6.33. The molecule has 2 aromatic carbocycles. The van der Waals surface area contributed by atoms with Crippen LogP contribution in [0.25, 0.3) is 17.0 Å². The van der Waals surface area contributed by atoms with Gasteiger partial charge in [-0.25, -0.2) is 14.3 Å². The van der Waals surface area contributed by atoms with Crippen LogP contribution >= 0.6 is 11.6 Å². The molecule has 10 nitrogen and oxygen atoms in total. The lowest BCUT2D eigenvalue weighted by molar-refractivity contribution is 0.0499. The Bertz CT molecular complexity index is 1750. The monoisotopic (exact) mass is 572 g/mol. The Morgan fingerprint density at radius 3 is 2.76 bits per heavy atom. The molecule has 1 unspecified atom stereocenters. The number of allylic oxidation sites excluding steroid dienone is 1. The fraction of sp³-hybridized carbons (Fsp3) is 0.200. The number of unbranched alkanes of at least 4 members (excludes halogenated alkanes) is 1. The number of ether oxygens (including phenoxy) is 2. The van der Waals surface area contributed by atoms with Crippen LogP contribution in [0.3, 0.4) is 0 Å². The average molecular weight is 573 g/mol. The average Bonchev–Trinajstić information content (AvgIpc) is 3.57. The fourth-order valence-electron chi connectivity index (χ4n) is 4.63. The quantitative estimate of drug-likeness (QED) is 0.192. The first-order valence-electron chi connectivity index (χ1n) is 12.8. The minimum Gasteiger partial charge on any atom is -0.478 e. The summed E-state index contributed by atoms with van der Waals surface area (Å²) in [7, 11) is 0. The Hall–Kier alpha value is -5.01. The molecular weight excluding hydrogens is 548 g/mol. The lowest BCUT2D eigenvalue weighted by Crippen LogP contribution is -2.21. The zero-order valence-corrected chi connectivity index (χ0v) is 22.9. The maximum atomic E-state index is 12.6. The van der Waals surface area contributed by atoms with Crippen molar-refractivity contribution >= 4 is 23.5 Å². The second kappa shape index (κ2) is 11.2. The van der Waals surface area contributed by atoms with E-state index in [4.69, 9.17) is 31.2 Å². The number of carboxylic acids is 1. The summed E-state index contributed by atoms with van der Waals surface area (Å²) in [6.45, 7) is 4.05. The minimum atomic E-state index is -1.09. The van der Waals surface area contributed by atoms with Crippen LogP contribution in [0.4, 0.5) is 0 Å². The lowest BCUT2D eigenvalue weighted by Gasteiger charge is -2.23. The van der Waals surface area contributed by atoms with Crippen LogP contribution in [-0.2, 0) is 4.74 Å². The zero-order chi connectivity index (χ0) is 29.3. The van der Waals surface area contributed by atoms with Gasteiger partial charge < -0.3 is 24.7 Å². The number of halogens is 1. The van der Waals surface area contributed by atoms with Gasteiger partial charge in [0.1, 0.15) is 23.2 Å². The number of aromatic nitrogens is 2. The number of fused-ring (bicyclic) bond motifs is 1. The number of carbonyl (C=O) groups excluding carboxylic acids is 1. The standard InChI is InChI=1S/C30H25ClN4O6/c1-3-4-12-39-30(38)20-14-17(8-9-22(20)31)23-10-11-24(40-23)26-21(15-32)27(33)41-28-25(26)16(2)34-35(28)19-7-5-6-18(13-19)29(36)37/h5-11,13-14,26H,3-4,12,33H2,1-2H3,(H,36,37). The predicted molar refractivity (Wildman–Crippen MR) is 149 cm³/mol. The SMILES string of the molecule is CCCCOC(=O)c1cc(-c2ccc(C3C(C#N)=C(N)Oc4c3c(C)nn4-c3cccc(C(=O)O)c3)o2)ccc1Cl. The molecule has 0 saturated carbocycles. The highest BCUT2D eigenvalue weighted by Gasteiger charge is 2.38. The number of carboxylic acid groups (broad SMARTS) is 1. The molecule has 1 aliphatic rings. The lowest BCUT2D eigenvalue weighted by atomic mass is 9.88. The van der Waals surface area contributed by atoms with Crippen LogP contribution in [0, 0.1) is 18.3 Å². The topological polar surface area (TPSA) is 154 Å². The van der Waals surface area contributed by atoms with Gasteiger partial charge in [0, 0.05) is 5.56 Å². The van der Waals surface area contributed by atoms with Crippen LogP contribution < -0.4 is 10.5 Å². The van der Waals surface area contributed by atoms with E-state index in [-0.39, 0.29) is 33.5 Å².